The molecule has 0 aliphatic carbocycles. The van der Waals surface area contributed by atoms with Crippen molar-refractivity contribution in [3.05, 3.63) is 95.9 Å². The second-order valence-electron chi connectivity index (χ2n) is 8.64. The van der Waals surface area contributed by atoms with Crippen LogP contribution in [-0.4, -0.2) is 47.3 Å². The van der Waals surface area contributed by atoms with E-state index >= 15 is 0 Å². The van der Waals surface area contributed by atoms with Crippen LogP contribution in [0.25, 0.3) is 16.9 Å². The standard InChI is InChI=1S/C30H34ClN3O2/c1-3-33(4-2)19-5-20-35-29-16-12-27(13-17-29)34-22-30(32-23-34)25-8-14-28(15-9-25)36-21-18-24-6-10-26(31)11-7-24/h6-17,22-23H,3-5,18-21H2,1-2H3. The number of rotatable bonds is 13. The lowest BCUT2D eigenvalue weighted by Crippen LogP contribution is -2.25. The molecule has 0 amide bonds. The van der Waals surface area contributed by atoms with E-state index in [1.165, 1.54) is 5.56 Å². The number of halogens is 1. The summed E-state index contributed by atoms with van der Waals surface area (Å²) in [4.78, 5) is 7.00. The van der Waals surface area contributed by atoms with Gasteiger partial charge in [-0.1, -0.05) is 37.6 Å². The average Bonchev–Trinajstić information content (AvgIpc) is 3.41. The van der Waals surface area contributed by atoms with Crippen LogP contribution in [0, 0.1) is 0 Å². The molecule has 4 aromatic rings. The van der Waals surface area contributed by atoms with Gasteiger partial charge < -0.3 is 18.9 Å². The van der Waals surface area contributed by atoms with Gasteiger partial charge in [-0.3, -0.25) is 0 Å². The minimum absolute atomic E-state index is 0.616. The van der Waals surface area contributed by atoms with Crippen LogP contribution in [0.4, 0.5) is 0 Å². The zero-order valence-electron chi connectivity index (χ0n) is 21.1. The summed E-state index contributed by atoms with van der Waals surface area (Å²) in [7, 11) is 0. The Balaban J connectivity index is 1.27. The maximum Gasteiger partial charge on any atom is 0.119 e. The number of imidazole rings is 1. The first-order chi connectivity index (χ1) is 17.6. The highest BCUT2D eigenvalue weighted by Crippen LogP contribution is 2.23. The molecule has 0 spiro atoms. The largest absolute Gasteiger partial charge is 0.494 e. The van der Waals surface area contributed by atoms with Gasteiger partial charge in [0.05, 0.1) is 25.2 Å². The maximum absolute atomic E-state index is 5.94. The van der Waals surface area contributed by atoms with E-state index in [4.69, 9.17) is 21.1 Å². The second-order valence-corrected chi connectivity index (χ2v) is 9.07. The first kappa shape index (κ1) is 25.8. The van der Waals surface area contributed by atoms with Gasteiger partial charge in [0, 0.05) is 35.4 Å². The van der Waals surface area contributed by atoms with E-state index in [0.717, 1.165) is 72.5 Å². The zero-order chi connectivity index (χ0) is 25.2. The monoisotopic (exact) mass is 503 g/mol. The summed E-state index contributed by atoms with van der Waals surface area (Å²) in [6.45, 7) is 8.97. The van der Waals surface area contributed by atoms with Crippen LogP contribution >= 0.6 is 11.6 Å². The topological polar surface area (TPSA) is 39.5 Å². The number of hydrogen-bond acceptors (Lipinski definition) is 4. The van der Waals surface area contributed by atoms with Crippen molar-refractivity contribution in [2.45, 2.75) is 26.7 Å². The molecule has 0 saturated carbocycles. The number of benzene rings is 3. The first-order valence-corrected chi connectivity index (χ1v) is 13.0. The Bertz CT molecular complexity index is 1180. The lowest BCUT2D eigenvalue weighted by molar-refractivity contribution is 0.249. The fraction of sp³-hybridized carbons (Fsp3) is 0.300. The van der Waals surface area contributed by atoms with Crippen LogP contribution in [0.5, 0.6) is 11.5 Å². The summed E-state index contributed by atoms with van der Waals surface area (Å²) in [5.74, 6) is 1.74. The Hall–Kier alpha value is -3.28. The van der Waals surface area contributed by atoms with E-state index in [-0.39, 0.29) is 0 Å². The smallest absolute Gasteiger partial charge is 0.119 e. The van der Waals surface area contributed by atoms with Gasteiger partial charge in [0.2, 0.25) is 0 Å². The summed E-state index contributed by atoms with van der Waals surface area (Å²) in [6, 6.07) is 24.1. The molecule has 4 rings (SSSR count). The van der Waals surface area contributed by atoms with E-state index in [2.05, 4.69) is 35.9 Å². The first-order valence-electron chi connectivity index (χ1n) is 12.6. The molecule has 3 aromatic carbocycles. The fourth-order valence-electron chi connectivity index (χ4n) is 4.01. The van der Waals surface area contributed by atoms with E-state index in [1.807, 2.05) is 77.8 Å². The molecular weight excluding hydrogens is 470 g/mol. The second kappa shape index (κ2) is 13.1. The molecule has 0 saturated heterocycles. The molecule has 5 nitrogen and oxygen atoms in total. The van der Waals surface area contributed by atoms with Crippen LogP contribution in [0.1, 0.15) is 25.8 Å². The Labute approximate surface area is 219 Å². The molecule has 188 valence electrons. The normalized spacial score (nSPS) is 11.1. The highest BCUT2D eigenvalue weighted by atomic mass is 35.5. The zero-order valence-corrected chi connectivity index (χ0v) is 21.8. The van der Waals surface area contributed by atoms with Crippen molar-refractivity contribution in [3.8, 4) is 28.4 Å². The van der Waals surface area contributed by atoms with Gasteiger partial charge in [0.1, 0.15) is 11.5 Å². The SMILES string of the molecule is CCN(CC)CCCOc1ccc(-n2cnc(-c3ccc(OCCc4ccc(Cl)cc4)cc3)c2)cc1. The van der Waals surface area contributed by atoms with Crippen LogP contribution in [-0.2, 0) is 6.42 Å². The molecule has 0 aliphatic rings. The molecule has 0 unspecified atom stereocenters. The molecule has 0 aliphatic heterocycles. The van der Waals surface area contributed by atoms with Gasteiger partial charge in [-0.25, -0.2) is 4.98 Å². The number of aromatic nitrogens is 2. The number of ether oxygens (including phenoxy) is 2. The minimum atomic E-state index is 0.616. The van der Waals surface area contributed by atoms with Crippen molar-refractivity contribution >= 4 is 11.6 Å². The highest BCUT2D eigenvalue weighted by Gasteiger charge is 2.06. The predicted octanol–water partition coefficient (Wildman–Crippen LogP) is 6.92. The fourth-order valence-corrected chi connectivity index (χ4v) is 4.13. The van der Waals surface area contributed by atoms with Gasteiger partial charge in [-0.2, -0.15) is 0 Å². The quantitative estimate of drug-likeness (QED) is 0.185. The van der Waals surface area contributed by atoms with Crippen molar-refractivity contribution < 1.29 is 9.47 Å². The van der Waals surface area contributed by atoms with E-state index in [0.29, 0.717) is 6.61 Å². The highest BCUT2D eigenvalue weighted by molar-refractivity contribution is 6.30. The molecule has 1 aromatic heterocycles. The average molecular weight is 504 g/mol. The third kappa shape index (κ3) is 7.36. The maximum atomic E-state index is 5.94. The van der Waals surface area contributed by atoms with Gasteiger partial charge in [0.15, 0.2) is 0 Å². The molecule has 6 heteroatoms. The van der Waals surface area contributed by atoms with E-state index in [9.17, 15) is 0 Å². The Kier molecular flexibility index (Phi) is 9.42. The molecule has 36 heavy (non-hydrogen) atoms. The molecule has 0 radical (unpaired) electrons. The Morgan fingerprint density at radius 1 is 0.806 bits per heavy atom. The van der Waals surface area contributed by atoms with E-state index in [1.54, 1.807) is 0 Å². The summed E-state index contributed by atoms with van der Waals surface area (Å²) in [5, 5.41) is 0.751. The third-order valence-corrected chi connectivity index (χ3v) is 6.47. The van der Waals surface area contributed by atoms with Crippen LogP contribution in [0.15, 0.2) is 85.3 Å². The molecular formula is C30H34ClN3O2. The van der Waals surface area contributed by atoms with Crippen molar-refractivity contribution in [2.24, 2.45) is 0 Å². The van der Waals surface area contributed by atoms with Crippen molar-refractivity contribution in [3.63, 3.8) is 0 Å². The van der Waals surface area contributed by atoms with Crippen molar-refractivity contribution in [1.29, 1.82) is 0 Å². The third-order valence-electron chi connectivity index (χ3n) is 6.22. The lowest BCUT2D eigenvalue weighted by Gasteiger charge is -2.17. The van der Waals surface area contributed by atoms with Crippen LogP contribution < -0.4 is 9.47 Å². The lowest BCUT2D eigenvalue weighted by atomic mass is 10.1. The van der Waals surface area contributed by atoms with Crippen LogP contribution in [0.2, 0.25) is 5.02 Å². The molecule has 0 fully saturated rings. The predicted molar refractivity (Wildman–Crippen MR) is 148 cm³/mol. The molecule has 0 N–H and O–H groups in total. The van der Waals surface area contributed by atoms with Gasteiger partial charge in [-0.15, -0.1) is 0 Å². The Morgan fingerprint density at radius 2 is 1.44 bits per heavy atom. The number of hydrogen-bond donors (Lipinski definition) is 0. The molecule has 0 atom stereocenters. The summed E-state index contributed by atoms with van der Waals surface area (Å²) in [5.41, 5.74) is 4.22. The van der Waals surface area contributed by atoms with Crippen LogP contribution in [0.3, 0.4) is 0 Å². The van der Waals surface area contributed by atoms with Gasteiger partial charge in [-0.05, 0) is 85.7 Å². The van der Waals surface area contributed by atoms with Crippen molar-refractivity contribution in [1.82, 2.24) is 14.5 Å². The van der Waals surface area contributed by atoms with Crippen molar-refractivity contribution in [2.75, 3.05) is 32.8 Å². The summed E-state index contributed by atoms with van der Waals surface area (Å²) in [6.07, 6.45) is 5.74. The summed E-state index contributed by atoms with van der Waals surface area (Å²) < 4.78 is 13.8. The Morgan fingerprint density at radius 3 is 2.11 bits per heavy atom. The summed E-state index contributed by atoms with van der Waals surface area (Å²) >= 11 is 5.94. The van der Waals surface area contributed by atoms with E-state index < -0.39 is 0 Å². The number of nitrogens with zero attached hydrogens (tertiary/aromatic N) is 3. The molecule has 0 bridgehead atoms. The van der Waals surface area contributed by atoms with Gasteiger partial charge in [0.25, 0.3) is 0 Å². The van der Waals surface area contributed by atoms with Gasteiger partial charge >= 0.3 is 0 Å². The molecule has 1 heterocycles. The minimum Gasteiger partial charge on any atom is -0.494 e.